The van der Waals surface area contributed by atoms with Crippen molar-refractivity contribution in [3.05, 3.63) is 22.4 Å². The number of rotatable bonds is 6. The predicted octanol–water partition coefficient (Wildman–Crippen LogP) is 2.55. The summed E-state index contributed by atoms with van der Waals surface area (Å²) in [7, 11) is 2.17. The molecule has 0 fully saturated rings. The largest absolute Gasteiger partial charge is 0.330 e. The summed E-state index contributed by atoms with van der Waals surface area (Å²) in [5.41, 5.74) is 6.07. The maximum absolute atomic E-state index is 5.82. The van der Waals surface area contributed by atoms with Crippen molar-refractivity contribution in [1.82, 2.24) is 4.90 Å². The summed E-state index contributed by atoms with van der Waals surface area (Å²) >= 11 is 1.82. The maximum Gasteiger partial charge on any atom is 0.0325 e. The predicted molar refractivity (Wildman–Crippen MR) is 68.1 cm³/mol. The zero-order chi connectivity index (χ0) is 11.3. The van der Waals surface area contributed by atoms with Gasteiger partial charge in [0.1, 0.15) is 0 Å². The molecule has 0 saturated carbocycles. The Morgan fingerprint density at radius 1 is 1.53 bits per heavy atom. The van der Waals surface area contributed by atoms with Gasteiger partial charge in [-0.05, 0) is 36.9 Å². The molecule has 2 N–H and O–H groups in total. The van der Waals surface area contributed by atoms with E-state index in [1.54, 1.807) is 0 Å². The summed E-state index contributed by atoms with van der Waals surface area (Å²) in [5, 5.41) is 2.13. The summed E-state index contributed by atoms with van der Waals surface area (Å²) in [6.07, 6.45) is 1.14. The molecule has 0 bridgehead atoms. The molecule has 0 aliphatic rings. The monoisotopic (exact) mass is 226 g/mol. The van der Waals surface area contributed by atoms with E-state index in [9.17, 15) is 0 Å². The normalized spacial score (nSPS) is 15.5. The van der Waals surface area contributed by atoms with Crippen LogP contribution in [0, 0.1) is 5.41 Å². The van der Waals surface area contributed by atoms with Gasteiger partial charge in [-0.1, -0.05) is 19.9 Å². The highest BCUT2D eigenvalue weighted by Gasteiger charge is 2.22. The topological polar surface area (TPSA) is 29.3 Å². The Bertz CT molecular complexity index is 265. The summed E-state index contributed by atoms with van der Waals surface area (Å²) < 4.78 is 0. The van der Waals surface area contributed by atoms with Gasteiger partial charge in [-0.15, -0.1) is 11.3 Å². The molecule has 0 radical (unpaired) electrons. The van der Waals surface area contributed by atoms with E-state index in [1.807, 2.05) is 11.3 Å². The van der Waals surface area contributed by atoms with Crippen LogP contribution in [0.15, 0.2) is 17.5 Å². The molecule has 3 heteroatoms. The zero-order valence-electron chi connectivity index (χ0n) is 9.99. The third-order valence-electron chi connectivity index (χ3n) is 3.00. The van der Waals surface area contributed by atoms with E-state index in [1.165, 1.54) is 4.88 Å². The van der Waals surface area contributed by atoms with Crippen LogP contribution in [0.1, 0.15) is 25.1 Å². The molecule has 0 aromatic carbocycles. The van der Waals surface area contributed by atoms with Crippen LogP contribution in [0.3, 0.4) is 0 Å². The Hall–Kier alpha value is -0.380. The van der Waals surface area contributed by atoms with E-state index in [0.29, 0.717) is 0 Å². The van der Waals surface area contributed by atoms with Crippen molar-refractivity contribution < 1.29 is 0 Å². The van der Waals surface area contributed by atoms with Crippen molar-refractivity contribution in [3.8, 4) is 0 Å². The van der Waals surface area contributed by atoms with E-state index >= 15 is 0 Å². The highest BCUT2D eigenvalue weighted by molar-refractivity contribution is 7.09. The number of hydrogen-bond donors (Lipinski definition) is 1. The smallest absolute Gasteiger partial charge is 0.0325 e. The standard InChI is InChI=1S/C12H22N2S/c1-4-12(2,9-13)10-14(3)8-11-6-5-7-15-11/h5-7H,4,8-10,13H2,1-3H3. The third kappa shape index (κ3) is 3.93. The molecular weight excluding hydrogens is 204 g/mol. The number of hydrogen-bond acceptors (Lipinski definition) is 3. The first-order valence-electron chi connectivity index (χ1n) is 5.50. The fourth-order valence-electron chi connectivity index (χ4n) is 1.70. The van der Waals surface area contributed by atoms with E-state index in [2.05, 4.69) is 43.3 Å². The van der Waals surface area contributed by atoms with Crippen LogP contribution >= 0.6 is 11.3 Å². The van der Waals surface area contributed by atoms with Crippen LogP contribution in [0.4, 0.5) is 0 Å². The first kappa shape index (κ1) is 12.7. The molecule has 0 aliphatic heterocycles. The summed E-state index contributed by atoms with van der Waals surface area (Å²) in [6.45, 7) is 7.34. The minimum absolute atomic E-state index is 0.256. The molecule has 1 aromatic rings. The van der Waals surface area contributed by atoms with Gasteiger partial charge < -0.3 is 10.6 Å². The molecule has 0 saturated heterocycles. The second kappa shape index (κ2) is 5.64. The van der Waals surface area contributed by atoms with Gasteiger partial charge in [0.05, 0.1) is 0 Å². The average molecular weight is 226 g/mol. The van der Waals surface area contributed by atoms with Gasteiger partial charge in [0.2, 0.25) is 0 Å². The van der Waals surface area contributed by atoms with Crippen LogP contribution < -0.4 is 5.73 Å². The van der Waals surface area contributed by atoms with Crippen LogP contribution in [0.25, 0.3) is 0 Å². The summed E-state index contributed by atoms with van der Waals surface area (Å²) in [5.74, 6) is 0. The van der Waals surface area contributed by atoms with E-state index in [0.717, 1.165) is 26.1 Å². The SMILES string of the molecule is CCC(C)(CN)CN(C)Cc1cccs1. The van der Waals surface area contributed by atoms with Crippen molar-refractivity contribution in [3.63, 3.8) is 0 Å². The molecule has 0 spiro atoms. The minimum Gasteiger partial charge on any atom is -0.330 e. The van der Waals surface area contributed by atoms with E-state index < -0.39 is 0 Å². The van der Waals surface area contributed by atoms with Gasteiger partial charge in [0, 0.05) is 18.0 Å². The quantitative estimate of drug-likeness (QED) is 0.808. The van der Waals surface area contributed by atoms with Gasteiger partial charge in [-0.25, -0.2) is 0 Å². The number of nitrogens with zero attached hydrogens (tertiary/aromatic N) is 1. The molecule has 86 valence electrons. The molecule has 0 aliphatic carbocycles. The fourth-order valence-corrected chi connectivity index (χ4v) is 2.48. The molecule has 1 unspecified atom stereocenters. The molecule has 1 atom stereocenters. The molecule has 15 heavy (non-hydrogen) atoms. The van der Waals surface area contributed by atoms with Crippen LogP contribution in [-0.4, -0.2) is 25.0 Å². The second-order valence-electron chi connectivity index (χ2n) is 4.62. The highest BCUT2D eigenvalue weighted by atomic mass is 32.1. The first-order valence-corrected chi connectivity index (χ1v) is 6.38. The lowest BCUT2D eigenvalue weighted by Gasteiger charge is -2.31. The molecular formula is C12H22N2S. The first-order chi connectivity index (χ1) is 7.09. The van der Waals surface area contributed by atoms with Gasteiger partial charge in [-0.3, -0.25) is 0 Å². The molecule has 2 nitrogen and oxygen atoms in total. The van der Waals surface area contributed by atoms with Gasteiger partial charge in [0.15, 0.2) is 0 Å². The lowest BCUT2D eigenvalue weighted by Crippen LogP contribution is -2.38. The summed E-state index contributed by atoms with van der Waals surface area (Å²) in [4.78, 5) is 3.79. The Morgan fingerprint density at radius 3 is 2.73 bits per heavy atom. The fraction of sp³-hybridized carbons (Fsp3) is 0.667. The molecule has 0 amide bonds. The van der Waals surface area contributed by atoms with Crippen molar-refractivity contribution in [2.24, 2.45) is 11.1 Å². The van der Waals surface area contributed by atoms with Crippen LogP contribution in [-0.2, 0) is 6.54 Å². The molecule has 1 heterocycles. The minimum atomic E-state index is 0.256. The van der Waals surface area contributed by atoms with Crippen LogP contribution in [0.5, 0.6) is 0 Å². The lowest BCUT2D eigenvalue weighted by atomic mass is 9.87. The van der Waals surface area contributed by atoms with Gasteiger partial charge in [-0.2, -0.15) is 0 Å². The van der Waals surface area contributed by atoms with Crippen molar-refractivity contribution in [2.75, 3.05) is 20.1 Å². The highest BCUT2D eigenvalue weighted by Crippen LogP contribution is 2.21. The Balaban J connectivity index is 2.44. The lowest BCUT2D eigenvalue weighted by molar-refractivity contribution is 0.188. The van der Waals surface area contributed by atoms with E-state index in [4.69, 9.17) is 5.73 Å². The Labute approximate surface area is 97.1 Å². The van der Waals surface area contributed by atoms with Gasteiger partial charge >= 0.3 is 0 Å². The summed E-state index contributed by atoms with van der Waals surface area (Å²) in [6, 6.07) is 4.29. The number of thiophene rings is 1. The van der Waals surface area contributed by atoms with Crippen molar-refractivity contribution in [2.45, 2.75) is 26.8 Å². The third-order valence-corrected chi connectivity index (χ3v) is 3.86. The van der Waals surface area contributed by atoms with E-state index in [-0.39, 0.29) is 5.41 Å². The Morgan fingerprint density at radius 2 is 2.27 bits per heavy atom. The molecule has 1 aromatic heterocycles. The Kier molecular flexibility index (Phi) is 4.77. The number of nitrogens with two attached hydrogens (primary N) is 1. The maximum atomic E-state index is 5.82. The average Bonchev–Trinajstić information content (AvgIpc) is 2.70. The van der Waals surface area contributed by atoms with Crippen LogP contribution in [0.2, 0.25) is 0 Å². The van der Waals surface area contributed by atoms with Crippen molar-refractivity contribution >= 4 is 11.3 Å². The van der Waals surface area contributed by atoms with Crippen molar-refractivity contribution in [1.29, 1.82) is 0 Å². The zero-order valence-corrected chi connectivity index (χ0v) is 10.8. The van der Waals surface area contributed by atoms with Gasteiger partial charge in [0.25, 0.3) is 0 Å². The molecule has 1 rings (SSSR count). The second-order valence-corrected chi connectivity index (χ2v) is 5.65.